The number of carbonyl (C=O) groups is 1. The third-order valence-electron chi connectivity index (χ3n) is 4.92. The van der Waals surface area contributed by atoms with Gasteiger partial charge in [0.2, 0.25) is 0 Å². The molecule has 1 fully saturated rings. The SMILES string of the molecule is Cc1ccc(C(c2cccc(C)c2)N2CCCC(C(=O)O)C2)cc1. The van der Waals surface area contributed by atoms with Gasteiger partial charge in [-0.05, 0) is 44.4 Å². The van der Waals surface area contributed by atoms with Crippen LogP contribution in [0.5, 0.6) is 0 Å². The second kappa shape index (κ2) is 7.18. The van der Waals surface area contributed by atoms with Crippen LogP contribution in [-0.4, -0.2) is 29.1 Å². The third kappa shape index (κ3) is 3.68. The monoisotopic (exact) mass is 323 g/mol. The summed E-state index contributed by atoms with van der Waals surface area (Å²) < 4.78 is 0. The van der Waals surface area contributed by atoms with E-state index >= 15 is 0 Å². The highest BCUT2D eigenvalue weighted by molar-refractivity contribution is 5.70. The molecular formula is C21H25NO2. The highest BCUT2D eigenvalue weighted by Crippen LogP contribution is 2.33. The quantitative estimate of drug-likeness (QED) is 0.917. The zero-order valence-electron chi connectivity index (χ0n) is 14.4. The summed E-state index contributed by atoms with van der Waals surface area (Å²) >= 11 is 0. The molecule has 24 heavy (non-hydrogen) atoms. The number of aryl methyl sites for hydroxylation is 2. The molecule has 0 spiro atoms. The summed E-state index contributed by atoms with van der Waals surface area (Å²) in [7, 11) is 0. The maximum Gasteiger partial charge on any atom is 0.307 e. The first-order valence-corrected chi connectivity index (χ1v) is 8.64. The molecule has 3 heteroatoms. The zero-order chi connectivity index (χ0) is 17.1. The second-order valence-electron chi connectivity index (χ2n) is 6.90. The van der Waals surface area contributed by atoms with Gasteiger partial charge in [0, 0.05) is 6.54 Å². The number of carboxylic acid groups (broad SMARTS) is 1. The summed E-state index contributed by atoms with van der Waals surface area (Å²) in [5.74, 6) is -0.942. The lowest BCUT2D eigenvalue weighted by Crippen LogP contribution is -2.41. The average Bonchev–Trinajstić information content (AvgIpc) is 2.57. The van der Waals surface area contributed by atoms with Crippen LogP contribution in [0, 0.1) is 19.8 Å². The molecule has 0 bridgehead atoms. The molecule has 3 rings (SSSR count). The standard InChI is InChI=1S/C21H25NO2/c1-15-8-10-17(11-9-15)20(18-6-3-5-16(2)13-18)22-12-4-7-19(14-22)21(23)24/h3,5-6,8-11,13,19-20H,4,7,12,14H2,1-2H3,(H,23,24). The Hall–Kier alpha value is -2.13. The molecular weight excluding hydrogens is 298 g/mol. The lowest BCUT2D eigenvalue weighted by molar-refractivity contribution is -0.143. The van der Waals surface area contributed by atoms with E-state index < -0.39 is 5.97 Å². The molecule has 2 aromatic carbocycles. The van der Waals surface area contributed by atoms with Crippen molar-refractivity contribution < 1.29 is 9.90 Å². The third-order valence-corrected chi connectivity index (χ3v) is 4.92. The van der Waals surface area contributed by atoms with Gasteiger partial charge in [-0.2, -0.15) is 0 Å². The predicted molar refractivity (Wildman–Crippen MR) is 96.1 cm³/mol. The fraction of sp³-hybridized carbons (Fsp3) is 0.381. The van der Waals surface area contributed by atoms with E-state index in [0.717, 1.165) is 19.4 Å². The number of carboxylic acids is 1. The van der Waals surface area contributed by atoms with Crippen LogP contribution >= 0.6 is 0 Å². The van der Waals surface area contributed by atoms with Crippen molar-refractivity contribution >= 4 is 5.97 Å². The maximum absolute atomic E-state index is 11.5. The van der Waals surface area contributed by atoms with Crippen molar-refractivity contribution in [1.29, 1.82) is 0 Å². The average molecular weight is 323 g/mol. The van der Waals surface area contributed by atoms with Crippen molar-refractivity contribution in [1.82, 2.24) is 4.90 Å². The minimum Gasteiger partial charge on any atom is -0.481 e. The van der Waals surface area contributed by atoms with E-state index in [4.69, 9.17) is 0 Å². The first kappa shape index (κ1) is 16.7. The van der Waals surface area contributed by atoms with Crippen LogP contribution in [-0.2, 0) is 4.79 Å². The van der Waals surface area contributed by atoms with Crippen LogP contribution in [0.1, 0.15) is 41.1 Å². The summed E-state index contributed by atoms with van der Waals surface area (Å²) in [6.07, 6.45) is 1.71. The highest BCUT2D eigenvalue weighted by atomic mass is 16.4. The largest absolute Gasteiger partial charge is 0.481 e. The summed E-state index contributed by atoms with van der Waals surface area (Å²) in [6.45, 7) is 5.75. The fourth-order valence-electron chi connectivity index (χ4n) is 3.65. The summed E-state index contributed by atoms with van der Waals surface area (Å²) in [4.78, 5) is 13.8. The van der Waals surface area contributed by atoms with E-state index in [2.05, 4.69) is 67.3 Å². The number of piperidine rings is 1. The normalized spacial score (nSPS) is 19.8. The van der Waals surface area contributed by atoms with Crippen LogP contribution in [0.4, 0.5) is 0 Å². The zero-order valence-corrected chi connectivity index (χ0v) is 14.4. The van der Waals surface area contributed by atoms with Crippen molar-refractivity contribution in [2.45, 2.75) is 32.7 Å². The molecule has 1 N–H and O–H groups in total. The predicted octanol–water partition coefficient (Wildman–Crippen LogP) is 4.19. The van der Waals surface area contributed by atoms with E-state index in [1.54, 1.807) is 0 Å². The van der Waals surface area contributed by atoms with Crippen molar-refractivity contribution in [2.75, 3.05) is 13.1 Å². The molecule has 2 atom stereocenters. The lowest BCUT2D eigenvalue weighted by atomic mass is 9.90. The fourth-order valence-corrected chi connectivity index (χ4v) is 3.65. The van der Waals surface area contributed by atoms with Gasteiger partial charge in [0.25, 0.3) is 0 Å². The molecule has 1 heterocycles. The van der Waals surface area contributed by atoms with Gasteiger partial charge in [-0.15, -0.1) is 0 Å². The molecule has 2 unspecified atom stereocenters. The minimum absolute atomic E-state index is 0.118. The first-order valence-electron chi connectivity index (χ1n) is 8.64. The van der Waals surface area contributed by atoms with Crippen LogP contribution in [0.2, 0.25) is 0 Å². The molecule has 0 aliphatic carbocycles. The van der Waals surface area contributed by atoms with Gasteiger partial charge >= 0.3 is 5.97 Å². The summed E-state index contributed by atoms with van der Waals surface area (Å²) in [5, 5.41) is 9.43. The Labute approximate surface area is 143 Å². The Morgan fingerprint density at radius 3 is 2.50 bits per heavy atom. The number of benzene rings is 2. The number of likely N-dealkylation sites (tertiary alicyclic amines) is 1. The van der Waals surface area contributed by atoms with Crippen molar-refractivity contribution in [3.8, 4) is 0 Å². The molecule has 1 saturated heterocycles. The molecule has 1 aliphatic rings. The van der Waals surface area contributed by atoms with Gasteiger partial charge in [-0.3, -0.25) is 9.69 Å². The Morgan fingerprint density at radius 1 is 1.08 bits per heavy atom. The van der Waals surface area contributed by atoms with Crippen molar-refractivity contribution in [3.63, 3.8) is 0 Å². The smallest absolute Gasteiger partial charge is 0.307 e. The van der Waals surface area contributed by atoms with Gasteiger partial charge in [-0.1, -0.05) is 59.7 Å². The maximum atomic E-state index is 11.5. The topological polar surface area (TPSA) is 40.5 Å². The first-order chi connectivity index (χ1) is 11.5. The Bertz CT molecular complexity index is 708. The number of hydrogen-bond acceptors (Lipinski definition) is 2. The molecule has 0 saturated carbocycles. The van der Waals surface area contributed by atoms with Gasteiger partial charge in [0.15, 0.2) is 0 Å². The van der Waals surface area contributed by atoms with Crippen LogP contribution < -0.4 is 0 Å². The van der Waals surface area contributed by atoms with Gasteiger partial charge in [-0.25, -0.2) is 0 Å². The summed E-state index contributed by atoms with van der Waals surface area (Å²) in [6, 6.07) is 17.3. The van der Waals surface area contributed by atoms with Crippen LogP contribution in [0.3, 0.4) is 0 Å². The molecule has 3 nitrogen and oxygen atoms in total. The highest BCUT2D eigenvalue weighted by Gasteiger charge is 2.31. The van der Waals surface area contributed by atoms with Gasteiger partial charge in [0.1, 0.15) is 0 Å². The molecule has 0 amide bonds. The van der Waals surface area contributed by atoms with Crippen LogP contribution in [0.25, 0.3) is 0 Å². The van der Waals surface area contributed by atoms with E-state index in [1.807, 2.05) is 0 Å². The van der Waals surface area contributed by atoms with Crippen molar-refractivity contribution in [2.24, 2.45) is 5.92 Å². The number of aliphatic carboxylic acids is 1. The van der Waals surface area contributed by atoms with Crippen LogP contribution in [0.15, 0.2) is 48.5 Å². The number of hydrogen-bond donors (Lipinski definition) is 1. The second-order valence-corrected chi connectivity index (χ2v) is 6.90. The lowest BCUT2D eigenvalue weighted by Gasteiger charge is -2.37. The van der Waals surface area contributed by atoms with E-state index in [-0.39, 0.29) is 12.0 Å². The molecule has 1 aliphatic heterocycles. The molecule has 126 valence electrons. The Kier molecular flexibility index (Phi) is 5.00. The minimum atomic E-state index is -0.674. The molecule has 0 aromatic heterocycles. The van der Waals surface area contributed by atoms with Crippen molar-refractivity contribution in [3.05, 3.63) is 70.8 Å². The van der Waals surface area contributed by atoms with E-state index in [9.17, 15) is 9.90 Å². The van der Waals surface area contributed by atoms with E-state index in [1.165, 1.54) is 22.3 Å². The van der Waals surface area contributed by atoms with Gasteiger partial charge < -0.3 is 5.11 Å². The Morgan fingerprint density at radius 2 is 1.83 bits per heavy atom. The Balaban J connectivity index is 1.98. The van der Waals surface area contributed by atoms with E-state index in [0.29, 0.717) is 6.54 Å². The molecule has 0 radical (unpaired) electrons. The summed E-state index contributed by atoms with van der Waals surface area (Å²) in [5.41, 5.74) is 4.95. The number of nitrogens with zero attached hydrogens (tertiary/aromatic N) is 1. The van der Waals surface area contributed by atoms with Gasteiger partial charge in [0.05, 0.1) is 12.0 Å². The molecule has 2 aromatic rings. The number of rotatable bonds is 4.